The topological polar surface area (TPSA) is 43.8 Å². The van der Waals surface area contributed by atoms with Crippen molar-refractivity contribution < 1.29 is 9.90 Å². The zero-order chi connectivity index (χ0) is 14.1. The van der Waals surface area contributed by atoms with Gasteiger partial charge < -0.3 is 5.11 Å². The van der Waals surface area contributed by atoms with Gasteiger partial charge in [-0.15, -0.1) is 0 Å². The predicted octanol–water partition coefficient (Wildman–Crippen LogP) is 2.05. The van der Waals surface area contributed by atoms with E-state index in [0.29, 0.717) is 12.0 Å². The smallest absolute Gasteiger partial charge is 0.308 e. The quantitative estimate of drug-likeness (QED) is 0.841. The van der Waals surface area contributed by atoms with Crippen molar-refractivity contribution >= 4 is 5.97 Å². The van der Waals surface area contributed by atoms with Crippen molar-refractivity contribution in [3.63, 3.8) is 0 Å². The van der Waals surface area contributed by atoms with Crippen LogP contribution in [0.4, 0.5) is 0 Å². The maximum absolute atomic E-state index is 11.6. The molecule has 3 aliphatic rings. The number of nitrogens with zero attached hydrogens (tertiary/aromatic N) is 2. The molecule has 2 heterocycles. The van der Waals surface area contributed by atoms with Crippen LogP contribution in [0.15, 0.2) is 0 Å². The first-order valence-corrected chi connectivity index (χ1v) is 8.36. The second kappa shape index (κ2) is 6.02. The molecule has 3 fully saturated rings. The monoisotopic (exact) mass is 280 g/mol. The predicted molar refractivity (Wildman–Crippen MR) is 78.7 cm³/mol. The van der Waals surface area contributed by atoms with Crippen LogP contribution in [0.3, 0.4) is 0 Å². The van der Waals surface area contributed by atoms with Gasteiger partial charge in [-0.25, -0.2) is 0 Å². The molecule has 1 saturated carbocycles. The molecule has 114 valence electrons. The number of aliphatic carboxylic acids is 1. The molecule has 4 unspecified atom stereocenters. The summed E-state index contributed by atoms with van der Waals surface area (Å²) in [5, 5.41) is 9.55. The Hall–Kier alpha value is -0.610. The highest BCUT2D eigenvalue weighted by atomic mass is 16.4. The lowest BCUT2D eigenvalue weighted by Crippen LogP contribution is -2.49. The van der Waals surface area contributed by atoms with E-state index >= 15 is 0 Å². The molecule has 2 saturated heterocycles. The fraction of sp³-hybridized carbons (Fsp3) is 0.938. The normalized spacial score (nSPS) is 40.2. The summed E-state index contributed by atoms with van der Waals surface area (Å²) in [6, 6.07) is 0.959. The van der Waals surface area contributed by atoms with E-state index in [1.54, 1.807) is 0 Å². The van der Waals surface area contributed by atoms with Gasteiger partial charge in [0.05, 0.1) is 5.92 Å². The van der Waals surface area contributed by atoms with Gasteiger partial charge in [0.15, 0.2) is 0 Å². The van der Waals surface area contributed by atoms with Gasteiger partial charge in [-0.2, -0.15) is 0 Å². The standard InChI is InChI=1S/C16H28N2O2/c1-12-5-6-14(16(19)20)15(10-12)18-9-3-8-17-7-2-4-13(17)11-18/h12-15H,2-11H2,1H3,(H,19,20). The maximum atomic E-state index is 11.6. The summed E-state index contributed by atoms with van der Waals surface area (Å²) in [7, 11) is 0. The first-order valence-electron chi connectivity index (χ1n) is 8.36. The third-order valence-corrected chi connectivity index (χ3v) is 5.70. The number of carboxylic acid groups (broad SMARTS) is 1. The Morgan fingerprint density at radius 3 is 2.60 bits per heavy atom. The number of fused-ring (bicyclic) bond motifs is 1. The molecule has 0 amide bonds. The summed E-state index contributed by atoms with van der Waals surface area (Å²) in [6.07, 6.45) is 6.85. The third-order valence-electron chi connectivity index (χ3n) is 5.70. The summed E-state index contributed by atoms with van der Waals surface area (Å²) < 4.78 is 0. The van der Waals surface area contributed by atoms with Gasteiger partial charge >= 0.3 is 5.97 Å². The number of carboxylic acids is 1. The molecule has 4 heteroatoms. The van der Waals surface area contributed by atoms with Crippen molar-refractivity contribution in [3.05, 3.63) is 0 Å². The Kier molecular flexibility index (Phi) is 4.32. The molecule has 0 bridgehead atoms. The fourth-order valence-corrected chi connectivity index (χ4v) is 4.58. The van der Waals surface area contributed by atoms with Gasteiger partial charge in [0, 0.05) is 18.6 Å². The zero-order valence-corrected chi connectivity index (χ0v) is 12.6. The van der Waals surface area contributed by atoms with Crippen molar-refractivity contribution in [2.24, 2.45) is 11.8 Å². The van der Waals surface area contributed by atoms with Crippen LogP contribution in [0.5, 0.6) is 0 Å². The van der Waals surface area contributed by atoms with E-state index in [0.717, 1.165) is 32.4 Å². The van der Waals surface area contributed by atoms with Crippen molar-refractivity contribution in [2.75, 3.05) is 26.2 Å². The molecule has 0 aromatic heterocycles. The van der Waals surface area contributed by atoms with Crippen LogP contribution in [-0.4, -0.2) is 59.1 Å². The molecule has 0 aromatic rings. The highest BCUT2D eigenvalue weighted by Gasteiger charge is 2.39. The zero-order valence-electron chi connectivity index (χ0n) is 12.6. The van der Waals surface area contributed by atoms with Crippen LogP contribution < -0.4 is 0 Å². The molecule has 1 aliphatic carbocycles. The Morgan fingerprint density at radius 2 is 1.80 bits per heavy atom. The Bertz CT molecular complexity index is 360. The minimum Gasteiger partial charge on any atom is -0.481 e. The second-order valence-corrected chi connectivity index (χ2v) is 7.11. The van der Waals surface area contributed by atoms with Crippen molar-refractivity contribution in [1.29, 1.82) is 0 Å². The molecule has 0 aromatic carbocycles. The van der Waals surface area contributed by atoms with E-state index in [-0.39, 0.29) is 12.0 Å². The van der Waals surface area contributed by atoms with Gasteiger partial charge in [-0.1, -0.05) is 6.92 Å². The lowest BCUT2D eigenvalue weighted by Gasteiger charge is -2.41. The van der Waals surface area contributed by atoms with Crippen molar-refractivity contribution in [2.45, 2.75) is 57.5 Å². The summed E-state index contributed by atoms with van der Waals surface area (Å²) >= 11 is 0. The second-order valence-electron chi connectivity index (χ2n) is 7.11. The molecular weight excluding hydrogens is 252 g/mol. The molecule has 2 aliphatic heterocycles. The fourth-order valence-electron chi connectivity index (χ4n) is 4.58. The van der Waals surface area contributed by atoms with Gasteiger partial charge in [-0.05, 0) is 64.1 Å². The van der Waals surface area contributed by atoms with Crippen molar-refractivity contribution in [1.82, 2.24) is 9.80 Å². The van der Waals surface area contributed by atoms with E-state index in [1.807, 2.05) is 0 Å². The lowest BCUT2D eigenvalue weighted by molar-refractivity contribution is -0.146. The van der Waals surface area contributed by atoms with Crippen LogP contribution in [0.1, 0.15) is 45.4 Å². The number of hydrogen-bond acceptors (Lipinski definition) is 3. The first-order chi connectivity index (χ1) is 9.65. The Morgan fingerprint density at radius 1 is 1.05 bits per heavy atom. The largest absolute Gasteiger partial charge is 0.481 e. The van der Waals surface area contributed by atoms with E-state index in [9.17, 15) is 9.90 Å². The lowest BCUT2D eigenvalue weighted by atomic mass is 9.78. The highest BCUT2D eigenvalue weighted by Crippen LogP contribution is 2.34. The summed E-state index contributed by atoms with van der Waals surface area (Å²) in [4.78, 5) is 16.7. The summed E-state index contributed by atoms with van der Waals surface area (Å²) in [5.74, 6) is -0.0351. The average Bonchev–Trinajstić information content (AvgIpc) is 2.75. The van der Waals surface area contributed by atoms with E-state index in [2.05, 4.69) is 16.7 Å². The van der Waals surface area contributed by atoms with Crippen molar-refractivity contribution in [3.8, 4) is 0 Å². The average molecular weight is 280 g/mol. The molecule has 4 atom stereocenters. The summed E-state index contributed by atoms with van der Waals surface area (Å²) in [6.45, 7) is 6.93. The van der Waals surface area contributed by atoms with Crippen LogP contribution in [-0.2, 0) is 4.79 Å². The van der Waals surface area contributed by atoms with Crippen LogP contribution in [0.25, 0.3) is 0 Å². The van der Waals surface area contributed by atoms with E-state index in [1.165, 1.54) is 32.4 Å². The first kappa shape index (κ1) is 14.3. The molecule has 1 N–H and O–H groups in total. The number of hydrogen-bond donors (Lipinski definition) is 1. The number of carbonyl (C=O) groups is 1. The Labute approximate surface area is 122 Å². The van der Waals surface area contributed by atoms with Gasteiger partial charge in [0.2, 0.25) is 0 Å². The van der Waals surface area contributed by atoms with E-state index < -0.39 is 5.97 Å². The molecule has 3 rings (SSSR count). The summed E-state index contributed by atoms with van der Waals surface area (Å²) in [5.41, 5.74) is 0. The molecule has 4 nitrogen and oxygen atoms in total. The Balaban J connectivity index is 1.72. The number of rotatable bonds is 2. The van der Waals surface area contributed by atoms with E-state index in [4.69, 9.17) is 0 Å². The highest BCUT2D eigenvalue weighted by molar-refractivity contribution is 5.71. The SMILES string of the molecule is CC1CCC(C(=O)O)C(N2CCCN3CCCC3C2)C1. The van der Waals surface area contributed by atoms with Crippen LogP contribution in [0.2, 0.25) is 0 Å². The molecule has 20 heavy (non-hydrogen) atoms. The van der Waals surface area contributed by atoms with Crippen LogP contribution >= 0.6 is 0 Å². The van der Waals surface area contributed by atoms with Gasteiger partial charge in [-0.3, -0.25) is 14.6 Å². The molecule has 0 radical (unpaired) electrons. The minimum atomic E-state index is -0.575. The third kappa shape index (κ3) is 2.86. The minimum absolute atomic E-state index is 0.140. The molecular formula is C16H28N2O2. The molecule has 0 spiro atoms. The van der Waals surface area contributed by atoms with Crippen LogP contribution in [0, 0.1) is 11.8 Å². The van der Waals surface area contributed by atoms with Gasteiger partial charge in [0.25, 0.3) is 0 Å². The van der Waals surface area contributed by atoms with Gasteiger partial charge in [0.1, 0.15) is 0 Å². The maximum Gasteiger partial charge on any atom is 0.308 e.